The van der Waals surface area contributed by atoms with Crippen LogP contribution < -0.4 is 0 Å². The van der Waals surface area contributed by atoms with Gasteiger partial charge in [-0.05, 0) is 11.5 Å². The molecule has 0 aromatic rings. The molecule has 0 aromatic heterocycles. The van der Waals surface area contributed by atoms with E-state index in [0.29, 0.717) is 37.9 Å². The Kier molecular flexibility index (Phi) is 10.5. The minimum absolute atomic E-state index is 0.0615. The highest BCUT2D eigenvalue weighted by molar-refractivity contribution is 7.99. The highest BCUT2D eigenvalue weighted by Crippen LogP contribution is 2.48. The van der Waals surface area contributed by atoms with Gasteiger partial charge in [0.25, 0.3) is 0 Å². The van der Waals surface area contributed by atoms with E-state index in [1.807, 2.05) is 23.5 Å². The highest BCUT2D eigenvalue weighted by atomic mass is 32.2. The van der Waals surface area contributed by atoms with Gasteiger partial charge in [-0.3, -0.25) is 4.79 Å². The standard InChI is InChI=1S/C25H40O9S3/c1-27-15-29-22(19-13-35-9-3-24(19)31-5-6-32-24)17-11-37-12-18(21(17)26)23(30-16-28-2)20-14-36-10-4-25(20)33-7-8-34-25/h17-20,22-23H,3-16H2,1-2H3/t17-,18-,19-,20-,22+,23+/m1/s1. The maximum absolute atomic E-state index is 14.4. The van der Waals surface area contributed by atoms with Crippen molar-refractivity contribution < 1.29 is 42.7 Å². The summed E-state index contributed by atoms with van der Waals surface area (Å²) in [6.45, 7) is 2.53. The summed E-state index contributed by atoms with van der Waals surface area (Å²) in [5.74, 6) is 2.99. The van der Waals surface area contributed by atoms with Crippen molar-refractivity contribution in [3.63, 3.8) is 0 Å². The van der Waals surface area contributed by atoms with E-state index in [1.165, 1.54) is 0 Å². The van der Waals surface area contributed by atoms with E-state index in [4.69, 9.17) is 37.9 Å². The van der Waals surface area contributed by atoms with Gasteiger partial charge in [-0.2, -0.15) is 35.3 Å². The Morgan fingerprint density at radius 1 is 0.730 bits per heavy atom. The first-order valence-corrected chi connectivity index (χ1v) is 16.6. The average Bonchev–Trinajstić information content (AvgIpc) is 3.58. The van der Waals surface area contributed by atoms with E-state index in [2.05, 4.69) is 0 Å². The van der Waals surface area contributed by atoms with Crippen LogP contribution in [0.25, 0.3) is 0 Å². The fourth-order valence-corrected chi connectivity index (χ4v) is 10.4. The van der Waals surface area contributed by atoms with Crippen LogP contribution in [0.15, 0.2) is 0 Å². The third-order valence-corrected chi connectivity index (χ3v) is 11.5. The summed E-state index contributed by atoms with van der Waals surface area (Å²) in [7, 11) is 3.23. The quantitative estimate of drug-likeness (QED) is 0.356. The Morgan fingerprint density at radius 3 is 1.57 bits per heavy atom. The van der Waals surface area contributed by atoms with Gasteiger partial charge in [-0.25, -0.2) is 0 Å². The smallest absolute Gasteiger partial charge is 0.175 e. The van der Waals surface area contributed by atoms with E-state index < -0.39 is 11.6 Å². The summed E-state index contributed by atoms with van der Waals surface area (Å²) in [6.07, 6.45) is 0.849. The molecule has 5 fully saturated rings. The fraction of sp³-hybridized carbons (Fsp3) is 0.960. The molecule has 9 nitrogen and oxygen atoms in total. The molecule has 0 N–H and O–H groups in total. The van der Waals surface area contributed by atoms with E-state index in [9.17, 15) is 4.79 Å². The number of Topliss-reactive ketones (excluding diaryl/α,β-unsaturated/α-hetero) is 1. The second-order valence-corrected chi connectivity index (χ2v) is 13.5. The molecule has 0 aromatic carbocycles. The maximum Gasteiger partial charge on any atom is 0.175 e. The lowest BCUT2D eigenvalue weighted by Crippen LogP contribution is -2.58. The van der Waals surface area contributed by atoms with E-state index in [-0.39, 0.29) is 55.2 Å². The first-order chi connectivity index (χ1) is 18.1. The minimum atomic E-state index is -0.691. The van der Waals surface area contributed by atoms with E-state index >= 15 is 0 Å². The summed E-state index contributed by atoms with van der Waals surface area (Å²) in [4.78, 5) is 14.4. The van der Waals surface area contributed by atoms with Crippen molar-refractivity contribution in [2.24, 2.45) is 23.7 Å². The zero-order valence-corrected chi connectivity index (χ0v) is 24.2. The van der Waals surface area contributed by atoms with Gasteiger partial charge in [0.1, 0.15) is 19.4 Å². The molecular weight excluding hydrogens is 540 g/mol. The van der Waals surface area contributed by atoms with Gasteiger partial charge < -0.3 is 37.9 Å². The molecule has 0 saturated carbocycles. The number of hydrogen-bond acceptors (Lipinski definition) is 12. The molecular formula is C25H40O9S3. The number of methoxy groups -OCH3 is 2. The Balaban J connectivity index is 1.41. The van der Waals surface area contributed by atoms with Crippen molar-refractivity contribution in [3.05, 3.63) is 0 Å². The summed E-state index contributed by atoms with van der Waals surface area (Å²) in [6, 6.07) is 0. The molecule has 212 valence electrons. The summed E-state index contributed by atoms with van der Waals surface area (Å²) >= 11 is 5.53. The van der Waals surface area contributed by atoms with Crippen LogP contribution in [0, 0.1) is 23.7 Å². The third kappa shape index (κ3) is 6.05. The van der Waals surface area contributed by atoms with Gasteiger partial charge in [0.05, 0.1) is 50.5 Å². The Hall–Kier alpha value is 0.400. The van der Waals surface area contributed by atoms with Crippen LogP contribution in [-0.4, -0.2) is 118 Å². The second-order valence-electron chi connectivity index (χ2n) is 10.1. The molecule has 5 heterocycles. The monoisotopic (exact) mass is 580 g/mol. The number of carbonyl (C=O) groups excluding carboxylic acids is 1. The molecule has 0 aliphatic carbocycles. The molecule has 5 rings (SSSR count). The summed E-state index contributed by atoms with van der Waals surface area (Å²) in [5.41, 5.74) is 0. The lowest BCUT2D eigenvalue weighted by molar-refractivity contribution is -0.238. The molecule has 0 bridgehead atoms. The minimum Gasteiger partial charge on any atom is -0.359 e. The Labute approximate surface area is 232 Å². The largest absolute Gasteiger partial charge is 0.359 e. The van der Waals surface area contributed by atoms with E-state index in [1.54, 1.807) is 26.0 Å². The number of hydrogen-bond donors (Lipinski definition) is 0. The van der Waals surface area contributed by atoms with Crippen molar-refractivity contribution in [2.75, 3.05) is 88.8 Å². The molecule has 5 saturated heterocycles. The molecule has 6 atom stereocenters. The fourth-order valence-electron chi connectivity index (χ4n) is 6.42. The molecule has 12 heteroatoms. The first kappa shape index (κ1) is 28.9. The normalized spacial score (nSPS) is 35.2. The second kappa shape index (κ2) is 13.4. The van der Waals surface area contributed by atoms with Gasteiger partial charge >= 0.3 is 0 Å². The molecule has 37 heavy (non-hydrogen) atoms. The first-order valence-electron chi connectivity index (χ1n) is 13.2. The topological polar surface area (TPSA) is 90.9 Å². The van der Waals surface area contributed by atoms with Crippen molar-refractivity contribution in [1.29, 1.82) is 0 Å². The SMILES string of the molecule is COCO[C@@H]([C@@H]1CSC[C@@H]([C@H](OCOC)[C@H]2CSCCC23OCCO3)C1=O)[C@H]1CSCCC12OCCO2. The number of ether oxygens (including phenoxy) is 8. The predicted octanol–water partition coefficient (Wildman–Crippen LogP) is 2.51. The highest BCUT2D eigenvalue weighted by Gasteiger charge is 2.57. The zero-order chi connectivity index (χ0) is 25.7. The molecule has 0 unspecified atom stereocenters. The molecule has 5 aliphatic heterocycles. The van der Waals surface area contributed by atoms with Crippen LogP contribution in [0.1, 0.15) is 12.8 Å². The van der Waals surface area contributed by atoms with Crippen molar-refractivity contribution >= 4 is 41.1 Å². The van der Waals surface area contributed by atoms with Gasteiger partial charge in [0.2, 0.25) is 0 Å². The maximum atomic E-state index is 14.4. The average molecular weight is 581 g/mol. The lowest BCUT2D eigenvalue weighted by atomic mass is 9.76. The molecule has 5 aliphatic rings. The summed E-state index contributed by atoms with van der Waals surface area (Å²) in [5, 5.41) is 0. The van der Waals surface area contributed by atoms with Crippen molar-refractivity contribution in [2.45, 2.75) is 36.6 Å². The van der Waals surface area contributed by atoms with Gasteiger partial charge in [-0.15, -0.1) is 0 Å². The van der Waals surface area contributed by atoms with Crippen LogP contribution in [0.2, 0.25) is 0 Å². The third-order valence-electron chi connectivity index (χ3n) is 8.14. The zero-order valence-electron chi connectivity index (χ0n) is 21.8. The van der Waals surface area contributed by atoms with Crippen LogP contribution in [0.5, 0.6) is 0 Å². The van der Waals surface area contributed by atoms with Crippen molar-refractivity contribution in [1.82, 2.24) is 0 Å². The van der Waals surface area contributed by atoms with Gasteiger partial charge in [0, 0.05) is 61.9 Å². The molecule has 0 amide bonds. The predicted molar refractivity (Wildman–Crippen MR) is 143 cm³/mol. The lowest BCUT2D eigenvalue weighted by Gasteiger charge is -2.48. The van der Waals surface area contributed by atoms with Crippen molar-refractivity contribution in [3.8, 4) is 0 Å². The number of carbonyl (C=O) groups is 1. The van der Waals surface area contributed by atoms with Crippen LogP contribution >= 0.6 is 35.3 Å². The van der Waals surface area contributed by atoms with E-state index in [0.717, 1.165) is 35.9 Å². The number of thioether (sulfide) groups is 3. The molecule has 2 spiro atoms. The molecule has 0 radical (unpaired) electrons. The van der Waals surface area contributed by atoms with Crippen LogP contribution in [-0.2, 0) is 42.7 Å². The van der Waals surface area contributed by atoms with Gasteiger partial charge in [0.15, 0.2) is 11.6 Å². The Morgan fingerprint density at radius 2 is 1.16 bits per heavy atom. The Bertz CT molecular complexity index is 689. The number of ketones is 1. The van der Waals surface area contributed by atoms with Crippen LogP contribution in [0.3, 0.4) is 0 Å². The van der Waals surface area contributed by atoms with Gasteiger partial charge in [-0.1, -0.05) is 0 Å². The number of rotatable bonds is 10. The summed E-state index contributed by atoms with van der Waals surface area (Å²) < 4.78 is 48.2. The van der Waals surface area contributed by atoms with Crippen LogP contribution in [0.4, 0.5) is 0 Å².